The van der Waals surface area contributed by atoms with Crippen molar-refractivity contribution in [1.29, 1.82) is 0 Å². The van der Waals surface area contributed by atoms with Crippen LogP contribution < -0.4 is 4.72 Å². The second-order valence-electron chi connectivity index (χ2n) is 10.5. The third-order valence-corrected chi connectivity index (χ3v) is 9.17. The Bertz CT molecular complexity index is 1140. The number of benzene rings is 2. The van der Waals surface area contributed by atoms with E-state index in [2.05, 4.69) is 4.72 Å². The van der Waals surface area contributed by atoms with E-state index >= 15 is 0 Å². The fraction of sp³-hybridized carbons (Fsp3) is 0.500. The lowest BCUT2D eigenvalue weighted by molar-refractivity contribution is -0.134. The van der Waals surface area contributed by atoms with Crippen LogP contribution in [0.5, 0.6) is 0 Å². The summed E-state index contributed by atoms with van der Waals surface area (Å²) >= 11 is 0. The Morgan fingerprint density at radius 3 is 2.05 bits per heavy atom. The van der Waals surface area contributed by atoms with Gasteiger partial charge < -0.3 is 9.84 Å². The van der Waals surface area contributed by atoms with E-state index in [0.717, 1.165) is 25.7 Å². The van der Waals surface area contributed by atoms with Crippen LogP contribution in [0, 0.1) is 5.92 Å². The van der Waals surface area contributed by atoms with Crippen LogP contribution in [0.2, 0.25) is 0 Å². The van der Waals surface area contributed by atoms with Crippen LogP contribution >= 0.6 is 0 Å². The number of amides is 1. The predicted molar refractivity (Wildman–Crippen MR) is 140 cm³/mol. The van der Waals surface area contributed by atoms with Gasteiger partial charge in [0.25, 0.3) is 0 Å². The normalized spacial score (nSPS) is 22.3. The summed E-state index contributed by atoms with van der Waals surface area (Å²) in [6.07, 6.45) is 3.68. The number of nitrogens with one attached hydrogen (secondary N) is 1. The SMILES string of the molecule is CC1(C)OC(C(=O)CNS(=O)(=O)C(c2ccccc2)c2ccccc2)[C@H](CC2CCCCC2)N1C(=O)O. The lowest BCUT2D eigenvalue weighted by Gasteiger charge is -2.33. The van der Waals surface area contributed by atoms with Crippen LogP contribution in [-0.2, 0) is 19.6 Å². The third-order valence-electron chi connectivity index (χ3n) is 7.46. The number of carbonyl (C=O) groups excluding carboxylic acids is 1. The molecular weight excluding hydrogens is 492 g/mol. The molecule has 1 aliphatic carbocycles. The number of carboxylic acid groups (broad SMARTS) is 1. The van der Waals surface area contributed by atoms with Gasteiger partial charge in [-0.1, -0.05) is 92.8 Å². The fourth-order valence-corrected chi connectivity index (χ4v) is 7.33. The molecule has 9 heteroatoms. The summed E-state index contributed by atoms with van der Waals surface area (Å²) in [6, 6.07) is 17.0. The van der Waals surface area contributed by atoms with E-state index in [1.807, 2.05) is 12.1 Å². The zero-order valence-corrected chi connectivity index (χ0v) is 22.2. The Balaban J connectivity index is 1.55. The Kier molecular flexibility index (Phi) is 8.36. The first kappa shape index (κ1) is 27.3. The van der Waals surface area contributed by atoms with Gasteiger partial charge in [0.05, 0.1) is 12.6 Å². The van der Waals surface area contributed by atoms with Gasteiger partial charge in [-0.05, 0) is 37.3 Å². The maximum Gasteiger partial charge on any atom is 0.409 e. The summed E-state index contributed by atoms with van der Waals surface area (Å²) in [4.78, 5) is 26.8. The van der Waals surface area contributed by atoms with Gasteiger partial charge >= 0.3 is 6.09 Å². The molecule has 1 amide bonds. The van der Waals surface area contributed by atoms with Gasteiger partial charge in [0, 0.05) is 0 Å². The summed E-state index contributed by atoms with van der Waals surface area (Å²) in [7, 11) is -4.01. The van der Waals surface area contributed by atoms with E-state index < -0.39 is 51.6 Å². The van der Waals surface area contributed by atoms with Gasteiger partial charge in [-0.2, -0.15) is 0 Å². The molecule has 2 atom stereocenters. The zero-order valence-electron chi connectivity index (χ0n) is 21.4. The Morgan fingerprint density at radius 1 is 1.00 bits per heavy atom. The molecule has 4 rings (SSSR count). The second kappa shape index (κ2) is 11.3. The van der Waals surface area contributed by atoms with Gasteiger partial charge in [-0.15, -0.1) is 0 Å². The van der Waals surface area contributed by atoms with Gasteiger partial charge in [0.15, 0.2) is 5.78 Å². The lowest BCUT2D eigenvalue weighted by atomic mass is 9.83. The largest absolute Gasteiger partial charge is 0.465 e. The van der Waals surface area contributed by atoms with Crippen molar-refractivity contribution < 1.29 is 27.9 Å². The first-order valence-electron chi connectivity index (χ1n) is 12.9. The second-order valence-corrected chi connectivity index (χ2v) is 12.3. The number of carbonyl (C=O) groups is 2. The molecule has 1 saturated heterocycles. The van der Waals surface area contributed by atoms with Crippen LogP contribution in [0.25, 0.3) is 0 Å². The van der Waals surface area contributed by atoms with Crippen molar-refractivity contribution in [3.8, 4) is 0 Å². The third kappa shape index (κ3) is 6.22. The smallest absolute Gasteiger partial charge is 0.409 e. The van der Waals surface area contributed by atoms with Gasteiger partial charge in [-0.3, -0.25) is 9.69 Å². The van der Waals surface area contributed by atoms with Crippen molar-refractivity contribution in [2.24, 2.45) is 5.92 Å². The van der Waals surface area contributed by atoms with Crippen LogP contribution in [0.4, 0.5) is 4.79 Å². The van der Waals surface area contributed by atoms with Crippen LogP contribution in [0.3, 0.4) is 0 Å². The molecule has 2 N–H and O–H groups in total. The van der Waals surface area contributed by atoms with Crippen molar-refractivity contribution in [1.82, 2.24) is 9.62 Å². The Morgan fingerprint density at radius 2 is 1.54 bits per heavy atom. The van der Waals surface area contributed by atoms with E-state index in [1.165, 1.54) is 11.3 Å². The molecule has 1 aliphatic heterocycles. The molecule has 1 heterocycles. The molecule has 0 bridgehead atoms. The number of hydrogen-bond acceptors (Lipinski definition) is 5. The lowest BCUT2D eigenvalue weighted by Crippen LogP contribution is -2.49. The molecule has 1 unspecified atom stereocenters. The highest BCUT2D eigenvalue weighted by molar-refractivity contribution is 7.90. The van der Waals surface area contributed by atoms with Crippen molar-refractivity contribution in [2.45, 2.75) is 75.5 Å². The molecule has 37 heavy (non-hydrogen) atoms. The monoisotopic (exact) mass is 528 g/mol. The highest BCUT2D eigenvalue weighted by Gasteiger charge is 2.53. The Hall–Kier alpha value is -2.75. The highest BCUT2D eigenvalue weighted by atomic mass is 32.2. The first-order chi connectivity index (χ1) is 17.6. The molecule has 200 valence electrons. The Labute approximate surface area is 219 Å². The summed E-state index contributed by atoms with van der Waals surface area (Å²) in [5.41, 5.74) is -0.0284. The van der Waals surface area contributed by atoms with Crippen LogP contribution in [0.15, 0.2) is 60.7 Å². The number of ketones is 1. The zero-order chi connectivity index (χ0) is 26.6. The standard InChI is InChI=1S/C28H36N2O6S/c1-28(2)30(27(32)33)23(18-20-12-6-3-7-13-20)25(36-28)24(31)19-29-37(34,35)26(21-14-8-4-9-15-21)22-16-10-5-11-17-22/h4-5,8-11,14-17,20,23,25-26,29H,3,6-7,12-13,18-19H2,1-2H3,(H,32,33)/t23-,25?/m0/s1. The molecule has 0 aromatic heterocycles. The van der Waals surface area contributed by atoms with Gasteiger partial charge in [0.1, 0.15) is 17.1 Å². The topological polar surface area (TPSA) is 113 Å². The van der Waals surface area contributed by atoms with Crippen molar-refractivity contribution in [3.63, 3.8) is 0 Å². The number of Topliss-reactive ketones (excluding diaryl/α,β-unsaturated/α-hetero) is 1. The average molecular weight is 529 g/mol. The summed E-state index contributed by atoms with van der Waals surface area (Å²) in [5.74, 6) is -0.160. The molecule has 1 saturated carbocycles. The predicted octanol–water partition coefficient (Wildman–Crippen LogP) is 4.72. The van der Waals surface area contributed by atoms with Crippen LogP contribution in [0.1, 0.15) is 68.7 Å². The molecular formula is C28H36N2O6S. The van der Waals surface area contributed by atoms with Crippen molar-refractivity contribution >= 4 is 21.9 Å². The number of hydrogen-bond donors (Lipinski definition) is 2. The maximum atomic E-state index is 13.5. The van der Waals surface area contributed by atoms with E-state index in [1.54, 1.807) is 62.4 Å². The highest BCUT2D eigenvalue weighted by Crippen LogP contribution is 2.39. The molecule has 8 nitrogen and oxygen atoms in total. The minimum atomic E-state index is -4.01. The molecule has 2 fully saturated rings. The summed E-state index contributed by atoms with van der Waals surface area (Å²) < 4.78 is 35.6. The van der Waals surface area contributed by atoms with Crippen LogP contribution in [-0.4, -0.2) is 54.7 Å². The maximum absolute atomic E-state index is 13.5. The minimum Gasteiger partial charge on any atom is -0.465 e. The van der Waals surface area contributed by atoms with Gasteiger partial charge in [0.2, 0.25) is 10.0 Å². The number of rotatable bonds is 9. The van der Waals surface area contributed by atoms with Gasteiger partial charge in [-0.25, -0.2) is 17.9 Å². The van der Waals surface area contributed by atoms with E-state index in [0.29, 0.717) is 23.5 Å². The molecule has 0 spiro atoms. The quantitative estimate of drug-likeness (QED) is 0.487. The first-order valence-corrected chi connectivity index (χ1v) is 14.5. The molecule has 2 aromatic rings. The number of ether oxygens (including phenoxy) is 1. The average Bonchev–Trinajstić information content (AvgIpc) is 3.14. The molecule has 0 radical (unpaired) electrons. The van der Waals surface area contributed by atoms with E-state index in [9.17, 15) is 23.1 Å². The summed E-state index contributed by atoms with van der Waals surface area (Å²) in [6.45, 7) is 2.79. The molecule has 2 aromatic carbocycles. The summed E-state index contributed by atoms with van der Waals surface area (Å²) in [5, 5.41) is 8.95. The number of sulfonamides is 1. The van der Waals surface area contributed by atoms with E-state index in [-0.39, 0.29) is 0 Å². The van der Waals surface area contributed by atoms with Crippen molar-refractivity contribution in [3.05, 3.63) is 71.8 Å². The van der Waals surface area contributed by atoms with E-state index in [4.69, 9.17) is 4.74 Å². The van der Waals surface area contributed by atoms with Crippen molar-refractivity contribution in [2.75, 3.05) is 6.54 Å². The molecule has 2 aliphatic rings. The number of nitrogens with zero attached hydrogens (tertiary/aromatic N) is 1. The fourth-order valence-electron chi connectivity index (χ4n) is 5.79. The minimum absolute atomic E-state index is 0.311.